The molecular formula is C11H22N2O4. The van der Waals surface area contributed by atoms with Gasteiger partial charge in [0.1, 0.15) is 0 Å². The molecule has 100 valence electrons. The van der Waals surface area contributed by atoms with Crippen molar-refractivity contribution in [2.24, 2.45) is 0 Å². The standard InChI is InChI=1S/C11H22N2O4/c1-4-13(9(2)7-11(15)16)10(14)8-12-5-6-17-3/h9,12H,4-8H2,1-3H3,(H,15,16). The maximum Gasteiger partial charge on any atom is 0.305 e. The number of ether oxygens (including phenoxy) is 1. The maximum absolute atomic E-state index is 11.8. The highest BCUT2D eigenvalue weighted by atomic mass is 16.5. The molecular weight excluding hydrogens is 224 g/mol. The molecule has 6 heteroatoms. The summed E-state index contributed by atoms with van der Waals surface area (Å²) in [5.41, 5.74) is 0. The Labute approximate surface area is 102 Å². The van der Waals surface area contributed by atoms with Crippen LogP contribution in [0, 0.1) is 0 Å². The van der Waals surface area contributed by atoms with Gasteiger partial charge in [0.05, 0.1) is 19.6 Å². The largest absolute Gasteiger partial charge is 0.481 e. The van der Waals surface area contributed by atoms with Crippen LogP contribution in [0.15, 0.2) is 0 Å². The minimum absolute atomic E-state index is 0.0301. The van der Waals surface area contributed by atoms with Gasteiger partial charge in [-0.15, -0.1) is 0 Å². The summed E-state index contributed by atoms with van der Waals surface area (Å²) in [4.78, 5) is 23.9. The second-order valence-corrected chi connectivity index (χ2v) is 3.80. The van der Waals surface area contributed by atoms with Gasteiger partial charge in [-0.05, 0) is 13.8 Å². The summed E-state index contributed by atoms with van der Waals surface area (Å²) < 4.78 is 4.85. The number of carbonyl (C=O) groups is 2. The minimum atomic E-state index is -0.893. The minimum Gasteiger partial charge on any atom is -0.481 e. The fourth-order valence-corrected chi connectivity index (χ4v) is 1.57. The zero-order valence-corrected chi connectivity index (χ0v) is 10.7. The van der Waals surface area contributed by atoms with E-state index in [-0.39, 0.29) is 24.9 Å². The van der Waals surface area contributed by atoms with Gasteiger partial charge in [0.15, 0.2) is 0 Å². The number of hydrogen-bond acceptors (Lipinski definition) is 4. The zero-order valence-electron chi connectivity index (χ0n) is 10.7. The summed E-state index contributed by atoms with van der Waals surface area (Å²) in [7, 11) is 1.59. The quantitative estimate of drug-likeness (QED) is 0.557. The lowest BCUT2D eigenvalue weighted by Gasteiger charge is -2.27. The number of likely N-dealkylation sites (N-methyl/N-ethyl adjacent to an activating group) is 1. The van der Waals surface area contributed by atoms with E-state index in [4.69, 9.17) is 9.84 Å². The van der Waals surface area contributed by atoms with Gasteiger partial charge in [-0.3, -0.25) is 9.59 Å². The van der Waals surface area contributed by atoms with Gasteiger partial charge >= 0.3 is 5.97 Å². The Morgan fingerprint density at radius 3 is 2.59 bits per heavy atom. The van der Waals surface area contributed by atoms with E-state index in [9.17, 15) is 9.59 Å². The first-order chi connectivity index (χ1) is 8.02. The molecule has 0 fully saturated rings. The molecule has 1 amide bonds. The number of methoxy groups -OCH3 is 1. The first kappa shape index (κ1) is 15.9. The molecule has 1 atom stereocenters. The Morgan fingerprint density at radius 1 is 1.47 bits per heavy atom. The van der Waals surface area contributed by atoms with E-state index in [2.05, 4.69) is 5.32 Å². The van der Waals surface area contributed by atoms with E-state index in [1.165, 1.54) is 0 Å². The van der Waals surface area contributed by atoms with E-state index in [0.717, 1.165) is 0 Å². The van der Waals surface area contributed by atoms with Crippen LogP contribution in [0.25, 0.3) is 0 Å². The van der Waals surface area contributed by atoms with Gasteiger partial charge in [-0.1, -0.05) is 0 Å². The molecule has 0 bridgehead atoms. The lowest BCUT2D eigenvalue weighted by molar-refractivity contribution is -0.140. The van der Waals surface area contributed by atoms with Crippen molar-refractivity contribution in [3.8, 4) is 0 Å². The highest BCUT2D eigenvalue weighted by Gasteiger charge is 2.19. The molecule has 0 aromatic carbocycles. The predicted octanol–water partition coefficient (Wildman–Crippen LogP) is -0.0659. The van der Waals surface area contributed by atoms with Crippen LogP contribution < -0.4 is 5.32 Å². The molecule has 0 aromatic rings. The Bertz CT molecular complexity index is 246. The van der Waals surface area contributed by atoms with Crippen molar-refractivity contribution in [3.63, 3.8) is 0 Å². The van der Waals surface area contributed by atoms with Crippen LogP contribution in [-0.4, -0.2) is 61.3 Å². The van der Waals surface area contributed by atoms with Crippen LogP contribution in [0.5, 0.6) is 0 Å². The topological polar surface area (TPSA) is 78.9 Å². The van der Waals surface area contributed by atoms with Crippen molar-refractivity contribution in [3.05, 3.63) is 0 Å². The first-order valence-corrected chi connectivity index (χ1v) is 5.73. The highest BCUT2D eigenvalue weighted by molar-refractivity contribution is 5.79. The normalized spacial score (nSPS) is 12.2. The number of carbonyl (C=O) groups excluding carboxylic acids is 1. The van der Waals surface area contributed by atoms with Crippen molar-refractivity contribution >= 4 is 11.9 Å². The molecule has 0 spiro atoms. The average Bonchev–Trinajstić information content (AvgIpc) is 2.24. The third-order valence-electron chi connectivity index (χ3n) is 2.42. The fourth-order valence-electron chi connectivity index (χ4n) is 1.57. The van der Waals surface area contributed by atoms with E-state index >= 15 is 0 Å². The van der Waals surface area contributed by atoms with Gasteiger partial charge in [0.2, 0.25) is 5.91 Å². The monoisotopic (exact) mass is 246 g/mol. The van der Waals surface area contributed by atoms with Crippen molar-refractivity contribution in [1.82, 2.24) is 10.2 Å². The van der Waals surface area contributed by atoms with Crippen LogP contribution in [0.2, 0.25) is 0 Å². The van der Waals surface area contributed by atoms with Crippen molar-refractivity contribution in [2.45, 2.75) is 26.3 Å². The highest BCUT2D eigenvalue weighted by Crippen LogP contribution is 2.03. The molecule has 1 unspecified atom stereocenters. The van der Waals surface area contributed by atoms with Crippen LogP contribution in [0.3, 0.4) is 0 Å². The summed E-state index contributed by atoms with van der Waals surface area (Å²) >= 11 is 0. The molecule has 17 heavy (non-hydrogen) atoms. The van der Waals surface area contributed by atoms with Crippen molar-refractivity contribution in [2.75, 3.05) is 33.4 Å². The van der Waals surface area contributed by atoms with Crippen LogP contribution in [-0.2, 0) is 14.3 Å². The van der Waals surface area contributed by atoms with Crippen molar-refractivity contribution < 1.29 is 19.4 Å². The summed E-state index contributed by atoms with van der Waals surface area (Å²) in [5, 5.41) is 11.6. The molecule has 0 saturated carbocycles. The number of rotatable bonds is 9. The van der Waals surface area contributed by atoms with Crippen molar-refractivity contribution in [1.29, 1.82) is 0 Å². The molecule has 0 saturated heterocycles. The van der Waals surface area contributed by atoms with Crippen LogP contribution >= 0.6 is 0 Å². The Hall–Kier alpha value is -1.14. The third kappa shape index (κ3) is 6.91. The van der Waals surface area contributed by atoms with Crippen LogP contribution in [0.1, 0.15) is 20.3 Å². The molecule has 0 radical (unpaired) electrons. The van der Waals surface area contributed by atoms with Gasteiger partial charge in [-0.25, -0.2) is 0 Å². The second kappa shape index (κ2) is 8.95. The first-order valence-electron chi connectivity index (χ1n) is 5.73. The Balaban J connectivity index is 4.06. The molecule has 0 heterocycles. The van der Waals surface area contributed by atoms with Gasteiger partial charge in [0.25, 0.3) is 0 Å². The molecule has 0 aromatic heterocycles. The lowest BCUT2D eigenvalue weighted by atomic mass is 10.2. The number of carboxylic acid groups (broad SMARTS) is 1. The number of nitrogens with zero attached hydrogens (tertiary/aromatic N) is 1. The smallest absolute Gasteiger partial charge is 0.305 e. The maximum atomic E-state index is 11.8. The summed E-state index contributed by atoms with van der Waals surface area (Å²) in [5.74, 6) is -0.978. The number of hydrogen-bond donors (Lipinski definition) is 2. The lowest BCUT2D eigenvalue weighted by Crippen LogP contribution is -2.44. The average molecular weight is 246 g/mol. The van der Waals surface area contributed by atoms with E-state index < -0.39 is 5.97 Å². The Morgan fingerprint density at radius 2 is 2.12 bits per heavy atom. The zero-order chi connectivity index (χ0) is 13.3. The van der Waals surface area contributed by atoms with E-state index in [0.29, 0.717) is 19.7 Å². The van der Waals surface area contributed by atoms with E-state index in [1.807, 2.05) is 6.92 Å². The fraction of sp³-hybridized carbons (Fsp3) is 0.818. The Kier molecular flexibility index (Phi) is 8.35. The molecule has 2 N–H and O–H groups in total. The SMILES string of the molecule is CCN(C(=O)CNCCOC)C(C)CC(=O)O. The van der Waals surface area contributed by atoms with Gasteiger partial charge < -0.3 is 20.1 Å². The number of amides is 1. The number of carboxylic acids is 1. The summed E-state index contributed by atoms with van der Waals surface area (Å²) in [6, 6.07) is -0.283. The van der Waals surface area contributed by atoms with E-state index in [1.54, 1.807) is 18.9 Å². The number of aliphatic carboxylic acids is 1. The van der Waals surface area contributed by atoms with Crippen LogP contribution in [0.4, 0.5) is 0 Å². The second-order valence-electron chi connectivity index (χ2n) is 3.80. The molecule has 0 aliphatic heterocycles. The number of nitrogens with one attached hydrogen (secondary N) is 1. The molecule has 0 aliphatic rings. The summed E-state index contributed by atoms with van der Waals surface area (Å²) in [6.45, 7) is 5.45. The van der Waals surface area contributed by atoms with Gasteiger partial charge in [-0.2, -0.15) is 0 Å². The molecule has 6 nitrogen and oxygen atoms in total. The third-order valence-corrected chi connectivity index (χ3v) is 2.42. The predicted molar refractivity (Wildman–Crippen MR) is 63.8 cm³/mol. The molecule has 0 rings (SSSR count). The van der Waals surface area contributed by atoms with Gasteiger partial charge in [0, 0.05) is 26.2 Å². The molecule has 0 aliphatic carbocycles. The summed E-state index contributed by atoms with van der Waals surface area (Å²) in [6.07, 6.45) is -0.0301.